The van der Waals surface area contributed by atoms with Gasteiger partial charge >= 0.3 is 0 Å². The number of nitrogens with zero attached hydrogens (tertiary/aromatic N) is 3. The van der Waals surface area contributed by atoms with Crippen LogP contribution in [0.2, 0.25) is 5.02 Å². The molecule has 1 atom stereocenters. The summed E-state index contributed by atoms with van der Waals surface area (Å²) in [4.78, 5) is 11.5. The molecule has 0 radical (unpaired) electrons. The first-order valence-electron chi connectivity index (χ1n) is 10.5. The first-order chi connectivity index (χ1) is 15.0. The van der Waals surface area contributed by atoms with Gasteiger partial charge in [-0.3, -0.25) is 0 Å². The molecule has 0 unspecified atom stereocenters. The van der Waals surface area contributed by atoms with E-state index in [-0.39, 0.29) is 0 Å². The van der Waals surface area contributed by atoms with Crippen LogP contribution in [0.5, 0.6) is 0 Å². The number of furan rings is 1. The number of thiocarbonyl (C=S) groups is 1. The molecule has 4 rings (SSSR count). The molecule has 0 aliphatic carbocycles. The third-order valence-corrected chi connectivity index (χ3v) is 5.76. The Morgan fingerprint density at radius 3 is 2.81 bits per heavy atom. The molecule has 8 heteroatoms. The van der Waals surface area contributed by atoms with E-state index in [1.165, 1.54) is 12.8 Å². The van der Waals surface area contributed by atoms with E-state index in [0.717, 1.165) is 41.7 Å². The lowest BCUT2D eigenvalue weighted by Crippen LogP contribution is -2.35. The smallest absolute Gasteiger partial charge is 0.231 e. The van der Waals surface area contributed by atoms with Gasteiger partial charge in [0.05, 0.1) is 6.54 Å². The molecule has 2 aromatic heterocycles. The van der Waals surface area contributed by atoms with E-state index in [2.05, 4.69) is 32.4 Å². The van der Waals surface area contributed by atoms with Crippen LogP contribution in [0.4, 0.5) is 11.8 Å². The Balaban J connectivity index is 1.35. The van der Waals surface area contributed by atoms with Gasteiger partial charge in [-0.1, -0.05) is 18.5 Å². The highest BCUT2D eigenvalue weighted by molar-refractivity contribution is 7.80. The molecule has 2 N–H and O–H groups in total. The van der Waals surface area contributed by atoms with E-state index in [4.69, 9.17) is 28.2 Å². The highest BCUT2D eigenvalue weighted by atomic mass is 35.5. The number of piperidine rings is 1. The molecule has 0 spiro atoms. The van der Waals surface area contributed by atoms with Gasteiger partial charge in [0.15, 0.2) is 5.11 Å². The monoisotopic (exact) mass is 455 g/mol. The minimum Gasteiger partial charge on any atom is -0.459 e. The van der Waals surface area contributed by atoms with Gasteiger partial charge in [-0.15, -0.1) is 0 Å². The predicted octanol–water partition coefficient (Wildman–Crippen LogP) is 5.42. The van der Waals surface area contributed by atoms with Crippen molar-refractivity contribution in [3.8, 4) is 11.3 Å². The number of hydrogen-bond donors (Lipinski definition) is 2. The van der Waals surface area contributed by atoms with Crippen molar-refractivity contribution < 1.29 is 4.42 Å². The van der Waals surface area contributed by atoms with Crippen molar-refractivity contribution in [3.63, 3.8) is 0 Å². The normalized spacial score (nSPS) is 16.2. The molecular formula is C23H26ClN5OS. The summed E-state index contributed by atoms with van der Waals surface area (Å²) in [5, 5.41) is 7.41. The molecule has 1 aromatic carbocycles. The number of benzene rings is 1. The van der Waals surface area contributed by atoms with Crippen LogP contribution in [-0.2, 0) is 6.54 Å². The molecular weight excluding hydrogens is 430 g/mol. The van der Waals surface area contributed by atoms with Gasteiger partial charge in [-0.05, 0) is 74.3 Å². The predicted molar refractivity (Wildman–Crippen MR) is 130 cm³/mol. The van der Waals surface area contributed by atoms with E-state index in [9.17, 15) is 0 Å². The molecule has 162 valence electrons. The summed E-state index contributed by atoms with van der Waals surface area (Å²) in [6.45, 7) is 6.76. The second-order valence-electron chi connectivity index (χ2n) is 7.97. The van der Waals surface area contributed by atoms with Crippen LogP contribution in [0.1, 0.15) is 31.2 Å². The maximum atomic E-state index is 5.95. The van der Waals surface area contributed by atoms with Crippen LogP contribution in [0.15, 0.2) is 46.9 Å². The van der Waals surface area contributed by atoms with Crippen LogP contribution < -0.4 is 15.5 Å². The second-order valence-corrected chi connectivity index (χ2v) is 8.81. The molecule has 0 bridgehead atoms. The summed E-state index contributed by atoms with van der Waals surface area (Å²) in [7, 11) is 0. The fourth-order valence-electron chi connectivity index (χ4n) is 3.72. The quantitative estimate of drug-likeness (QED) is 0.498. The van der Waals surface area contributed by atoms with Gasteiger partial charge in [0, 0.05) is 35.4 Å². The number of halogens is 1. The molecule has 1 aliphatic heterocycles. The Morgan fingerprint density at radius 1 is 1.23 bits per heavy atom. The summed E-state index contributed by atoms with van der Waals surface area (Å²) in [6.07, 6.45) is 2.46. The zero-order valence-electron chi connectivity index (χ0n) is 17.7. The Morgan fingerprint density at radius 2 is 2.03 bits per heavy atom. The number of hydrogen-bond acceptors (Lipinski definition) is 5. The minimum atomic E-state index is 0.452. The maximum absolute atomic E-state index is 5.95. The summed E-state index contributed by atoms with van der Waals surface area (Å²) in [6, 6.07) is 13.4. The van der Waals surface area contributed by atoms with Crippen LogP contribution >= 0.6 is 23.8 Å². The maximum Gasteiger partial charge on any atom is 0.231 e. The number of aryl methyl sites for hydroxylation is 1. The lowest BCUT2D eigenvalue weighted by Gasteiger charge is -2.32. The lowest BCUT2D eigenvalue weighted by atomic mass is 10.0. The van der Waals surface area contributed by atoms with E-state index in [1.807, 2.05) is 49.4 Å². The van der Waals surface area contributed by atoms with Gasteiger partial charge in [0.1, 0.15) is 17.3 Å². The van der Waals surface area contributed by atoms with Crippen molar-refractivity contribution in [2.75, 3.05) is 23.3 Å². The van der Waals surface area contributed by atoms with Crippen molar-refractivity contribution in [2.24, 2.45) is 5.92 Å². The largest absolute Gasteiger partial charge is 0.459 e. The summed E-state index contributed by atoms with van der Waals surface area (Å²) < 4.78 is 5.91. The molecule has 1 saturated heterocycles. The zero-order chi connectivity index (χ0) is 21.8. The average Bonchev–Trinajstić information content (AvgIpc) is 3.21. The number of nitrogens with one attached hydrogen (secondary N) is 2. The van der Waals surface area contributed by atoms with Crippen LogP contribution in [0.3, 0.4) is 0 Å². The Hall–Kier alpha value is -2.64. The molecule has 0 amide bonds. The van der Waals surface area contributed by atoms with E-state index in [0.29, 0.717) is 28.5 Å². The Kier molecular flexibility index (Phi) is 6.73. The lowest BCUT2D eigenvalue weighted by molar-refractivity contribution is 0.444. The van der Waals surface area contributed by atoms with Crippen molar-refractivity contribution in [1.29, 1.82) is 0 Å². The van der Waals surface area contributed by atoms with Crippen molar-refractivity contribution in [2.45, 2.75) is 33.2 Å². The molecule has 3 heterocycles. The summed E-state index contributed by atoms with van der Waals surface area (Å²) in [5.74, 6) is 3.70. The molecule has 31 heavy (non-hydrogen) atoms. The van der Waals surface area contributed by atoms with Crippen LogP contribution in [-0.4, -0.2) is 28.2 Å². The average molecular weight is 456 g/mol. The third-order valence-electron chi connectivity index (χ3n) is 5.26. The SMILES string of the molecule is Cc1cc(N2CCC[C@H](C)C2)nc(NC(=S)NCc2ccc(-c3ccc(Cl)cc3)o2)n1. The zero-order valence-corrected chi connectivity index (χ0v) is 19.3. The van der Waals surface area contributed by atoms with Gasteiger partial charge in [-0.25, -0.2) is 4.98 Å². The molecule has 0 saturated carbocycles. The number of anilines is 2. The Bertz CT molecular complexity index is 1050. The molecule has 1 fully saturated rings. The fraction of sp³-hybridized carbons (Fsp3) is 0.348. The molecule has 1 aliphatic rings. The number of aromatic nitrogens is 2. The van der Waals surface area contributed by atoms with Crippen LogP contribution in [0.25, 0.3) is 11.3 Å². The van der Waals surface area contributed by atoms with Crippen molar-refractivity contribution >= 4 is 40.7 Å². The van der Waals surface area contributed by atoms with Crippen molar-refractivity contribution in [3.05, 3.63) is 58.9 Å². The highest BCUT2D eigenvalue weighted by Gasteiger charge is 2.18. The van der Waals surface area contributed by atoms with Crippen molar-refractivity contribution in [1.82, 2.24) is 15.3 Å². The first-order valence-corrected chi connectivity index (χ1v) is 11.2. The fourth-order valence-corrected chi connectivity index (χ4v) is 4.01. The second kappa shape index (κ2) is 9.66. The standard InChI is InChI=1S/C23H26ClN5OS/c1-15-4-3-11-29(14-15)21-12-16(2)26-22(27-21)28-23(31)25-13-19-9-10-20(30-19)17-5-7-18(24)8-6-17/h5-10,12,15H,3-4,11,13-14H2,1-2H3,(H2,25,26,27,28,31)/t15-/m0/s1. The van der Waals surface area contributed by atoms with E-state index < -0.39 is 0 Å². The van der Waals surface area contributed by atoms with Gasteiger partial charge in [0.2, 0.25) is 5.95 Å². The minimum absolute atomic E-state index is 0.452. The van der Waals surface area contributed by atoms with Gasteiger partial charge in [-0.2, -0.15) is 4.98 Å². The topological polar surface area (TPSA) is 66.2 Å². The van der Waals surface area contributed by atoms with Gasteiger partial charge < -0.3 is 20.0 Å². The van der Waals surface area contributed by atoms with E-state index >= 15 is 0 Å². The van der Waals surface area contributed by atoms with Crippen LogP contribution in [0, 0.1) is 12.8 Å². The highest BCUT2D eigenvalue weighted by Crippen LogP contribution is 2.24. The first kappa shape index (κ1) is 21.6. The van der Waals surface area contributed by atoms with E-state index in [1.54, 1.807) is 0 Å². The summed E-state index contributed by atoms with van der Waals surface area (Å²) in [5.41, 5.74) is 1.89. The molecule has 3 aromatic rings. The third kappa shape index (κ3) is 5.74. The van der Waals surface area contributed by atoms with Gasteiger partial charge in [0.25, 0.3) is 0 Å². The Labute approximate surface area is 193 Å². The number of rotatable bonds is 5. The summed E-state index contributed by atoms with van der Waals surface area (Å²) >= 11 is 11.4. The molecule has 6 nitrogen and oxygen atoms in total.